The summed E-state index contributed by atoms with van der Waals surface area (Å²) in [6.07, 6.45) is -5.87. The molecule has 0 unspecified atom stereocenters. The van der Waals surface area contributed by atoms with Crippen LogP contribution in [0, 0.1) is 17.0 Å². The normalized spacial score (nSPS) is 12.8. The number of nitrogens with one attached hydrogen (secondary N) is 1. The molecule has 1 aromatic carbocycles. The summed E-state index contributed by atoms with van der Waals surface area (Å²) < 4.78 is 40.3. The van der Waals surface area contributed by atoms with Crippen molar-refractivity contribution in [3.8, 4) is 0 Å². The van der Waals surface area contributed by atoms with Gasteiger partial charge in [0.25, 0.3) is 11.6 Å². The van der Waals surface area contributed by atoms with Gasteiger partial charge < -0.3 is 10.1 Å². The Morgan fingerprint density at radius 1 is 1.48 bits per heavy atom. The summed E-state index contributed by atoms with van der Waals surface area (Å²) in [5.41, 5.74) is 0.316. The van der Waals surface area contributed by atoms with Gasteiger partial charge in [-0.1, -0.05) is 6.07 Å². The maximum absolute atomic E-state index is 12.0. The van der Waals surface area contributed by atoms with Crippen LogP contribution in [0.4, 0.5) is 24.5 Å². The largest absolute Gasteiger partial charge is 0.411 e. The van der Waals surface area contributed by atoms with E-state index in [4.69, 9.17) is 0 Å². The van der Waals surface area contributed by atoms with Crippen LogP contribution in [0.3, 0.4) is 0 Å². The first-order valence-corrected chi connectivity index (χ1v) is 5.84. The van der Waals surface area contributed by atoms with Crippen molar-refractivity contribution in [2.24, 2.45) is 0 Å². The van der Waals surface area contributed by atoms with Crippen LogP contribution in [0.2, 0.25) is 0 Å². The van der Waals surface area contributed by atoms with E-state index < -0.39 is 29.7 Å². The first kappa shape index (κ1) is 16.9. The number of nitrogens with zero attached hydrogens (tertiary/aromatic N) is 1. The van der Waals surface area contributed by atoms with Crippen LogP contribution in [-0.2, 0) is 9.53 Å². The van der Waals surface area contributed by atoms with Crippen LogP contribution >= 0.6 is 0 Å². The van der Waals surface area contributed by atoms with Crippen LogP contribution in [0.5, 0.6) is 0 Å². The minimum atomic E-state index is -4.53. The average Bonchev–Trinajstić information content (AvgIpc) is 2.36. The van der Waals surface area contributed by atoms with Crippen LogP contribution in [0.1, 0.15) is 12.5 Å². The zero-order chi connectivity index (χ0) is 16.2. The molecule has 21 heavy (non-hydrogen) atoms. The highest BCUT2D eigenvalue weighted by atomic mass is 19.4. The van der Waals surface area contributed by atoms with Gasteiger partial charge in [0.05, 0.1) is 4.92 Å². The molecular weight excluding hydrogens is 293 g/mol. The lowest BCUT2D eigenvalue weighted by atomic mass is 10.2. The van der Waals surface area contributed by atoms with E-state index in [-0.39, 0.29) is 11.4 Å². The number of nitro groups is 1. The molecular formula is C12H13F3N2O4. The molecule has 1 aromatic rings. The van der Waals surface area contributed by atoms with Crippen LogP contribution in [0.15, 0.2) is 18.2 Å². The van der Waals surface area contributed by atoms with Gasteiger partial charge in [0, 0.05) is 17.3 Å². The molecule has 0 fully saturated rings. The molecule has 0 spiro atoms. The molecule has 116 valence electrons. The third-order valence-electron chi connectivity index (χ3n) is 2.54. The number of ether oxygens (including phenoxy) is 1. The van der Waals surface area contributed by atoms with E-state index in [9.17, 15) is 28.1 Å². The number of alkyl halides is 3. The van der Waals surface area contributed by atoms with E-state index in [1.807, 2.05) is 0 Å². The van der Waals surface area contributed by atoms with E-state index in [0.29, 0.717) is 5.56 Å². The van der Waals surface area contributed by atoms with Crippen molar-refractivity contribution in [3.63, 3.8) is 0 Å². The predicted molar refractivity (Wildman–Crippen MR) is 67.9 cm³/mol. The van der Waals surface area contributed by atoms with Gasteiger partial charge in [-0.3, -0.25) is 14.9 Å². The fraction of sp³-hybridized carbons (Fsp3) is 0.417. The van der Waals surface area contributed by atoms with Crippen molar-refractivity contribution in [2.45, 2.75) is 26.1 Å². The second-order valence-electron chi connectivity index (χ2n) is 4.32. The minimum absolute atomic E-state index is 0.111. The number of carbonyl (C=O) groups is 1. The second-order valence-corrected chi connectivity index (χ2v) is 4.32. The maximum Gasteiger partial charge on any atom is 0.411 e. The number of aryl methyl sites for hydroxylation is 1. The highest BCUT2D eigenvalue weighted by molar-refractivity contribution is 5.94. The van der Waals surface area contributed by atoms with Crippen molar-refractivity contribution in [3.05, 3.63) is 33.9 Å². The zero-order valence-electron chi connectivity index (χ0n) is 11.2. The third kappa shape index (κ3) is 5.38. The molecule has 0 aromatic heterocycles. The molecule has 0 radical (unpaired) electrons. The Kier molecular flexibility index (Phi) is 5.25. The molecule has 0 aliphatic carbocycles. The molecule has 0 heterocycles. The smallest absolute Gasteiger partial charge is 0.359 e. The number of nitro benzene ring substituents is 1. The van der Waals surface area contributed by atoms with Gasteiger partial charge in [-0.15, -0.1) is 0 Å². The first-order valence-electron chi connectivity index (χ1n) is 5.84. The van der Waals surface area contributed by atoms with Gasteiger partial charge in [-0.2, -0.15) is 13.2 Å². The van der Waals surface area contributed by atoms with Gasteiger partial charge in [0.15, 0.2) is 0 Å². The van der Waals surface area contributed by atoms with E-state index in [1.165, 1.54) is 19.1 Å². The fourth-order valence-corrected chi connectivity index (χ4v) is 1.42. The molecule has 1 atom stereocenters. The SMILES string of the molecule is Cc1ccc(NC(=O)[C@H](C)OCC(F)(F)F)cc1[N+](=O)[O-]. The van der Waals surface area contributed by atoms with Gasteiger partial charge in [-0.05, 0) is 19.9 Å². The highest BCUT2D eigenvalue weighted by Gasteiger charge is 2.30. The highest BCUT2D eigenvalue weighted by Crippen LogP contribution is 2.22. The molecule has 0 aliphatic rings. The topological polar surface area (TPSA) is 81.5 Å². The number of rotatable bonds is 5. The number of benzene rings is 1. The van der Waals surface area contributed by atoms with Crippen molar-refractivity contribution < 1.29 is 27.6 Å². The van der Waals surface area contributed by atoms with Gasteiger partial charge in [0.1, 0.15) is 12.7 Å². The number of carbonyl (C=O) groups excluding carboxylic acids is 1. The number of hydrogen-bond acceptors (Lipinski definition) is 4. The molecule has 1 N–H and O–H groups in total. The van der Waals surface area contributed by atoms with Crippen molar-refractivity contribution in [1.82, 2.24) is 0 Å². The summed E-state index contributed by atoms with van der Waals surface area (Å²) >= 11 is 0. The Labute approximate surface area is 118 Å². The lowest BCUT2D eigenvalue weighted by Gasteiger charge is -2.14. The van der Waals surface area contributed by atoms with E-state index in [0.717, 1.165) is 13.0 Å². The van der Waals surface area contributed by atoms with Gasteiger partial charge >= 0.3 is 6.18 Å². The zero-order valence-corrected chi connectivity index (χ0v) is 11.2. The minimum Gasteiger partial charge on any atom is -0.359 e. The lowest BCUT2D eigenvalue weighted by Crippen LogP contribution is -2.31. The number of hydrogen-bond donors (Lipinski definition) is 1. The van der Waals surface area contributed by atoms with Crippen LogP contribution < -0.4 is 5.32 Å². The van der Waals surface area contributed by atoms with Gasteiger partial charge in [0.2, 0.25) is 0 Å². The average molecular weight is 306 g/mol. The lowest BCUT2D eigenvalue weighted by molar-refractivity contribution is -0.385. The summed E-state index contributed by atoms with van der Waals surface area (Å²) in [7, 11) is 0. The fourth-order valence-electron chi connectivity index (χ4n) is 1.42. The Hall–Kier alpha value is -2.16. The Morgan fingerprint density at radius 3 is 2.62 bits per heavy atom. The summed E-state index contributed by atoms with van der Waals surface area (Å²) in [5, 5.41) is 13.0. The molecule has 0 bridgehead atoms. The molecule has 6 nitrogen and oxygen atoms in total. The number of anilines is 1. The quantitative estimate of drug-likeness (QED) is 0.670. The van der Waals surface area contributed by atoms with Crippen molar-refractivity contribution in [1.29, 1.82) is 0 Å². The molecule has 0 saturated carbocycles. The van der Waals surface area contributed by atoms with E-state index >= 15 is 0 Å². The summed E-state index contributed by atoms with van der Waals surface area (Å²) in [4.78, 5) is 21.8. The third-order valence-corrected chi connectivity index (χ3v) is 2.54. The Bertz CT molecular complexity index is 546. The van der Waals surface area contributed by atoms with Gasteiger partial charge in [-0.25, -0.2) is 0 Å². The first-order chi connectivity index (χ1) is 9.60. The summed E-state index contributed by atoms with van der Waals surface area (Å²) in [6.45, 7) is 1.14. The summed E-state index contributed by atoms with van der Waals surface area (Å²) in [5.74, 6) is -0.822. The van der Waals surface area contributed by atoms with Crippen molar-refractivity contribution >= 4 is 17.3 Å². The molecule has 1 amide bonds. The standard InChI is InChI=1S/C12H13F3N2O4/c1-7-3-4-9(5-10(7)17(19)20)16-11(18)8(2)21-6-12(13,14)15/h3-5,8H,6H2,1-2H3,(H,16,18)/t8-/m0/s1. The Morgan fingerprint density at radius 2 is 2.10 bits per heavy atom. The van der Waals surface area contributed by atoms with E-state index in [2.05, 4.69) is 10.1 Å². The molecule has 1 rings (SSSR count). The van der Waals surface area contributed by atoms with Crippen molar-refractivity contribution in [2.75, 3.05) is 11.9 Å². The number of amides is 1. The van der Waals surface area contributed by atoms with Crippen LogP contribution in [0.25, 0.3) is 0 Å². The second kappa shape index (κ2) is 6.53. The predicted octanol–water partition coefficient (Wildman–Crippen LogP) is 2.81. The maximum atomic E-state index is 12.0. The molecule has 9 heteroatoms. The summed E-state index contributed by atoms with van der Waals surface area (Å²) in [6, 6.07) is 3.97. The molecule has 0 saturated heterocycles. The Balaban J connectivity index is 2.70. The van der Waals surface area contributed by atoms with Crippen LogP contribution in [-0.4, -0.2) is 29.7 Å². The van der Waals surface area contributed by atoms with E-state index in [1.54, 1.807) is 0 Å². The number of halogens is 3. The molecule has 0 aliphatic heterocycles. The monoisotopic (exact) mass is 306 g/mol.